The zero-order valence-electron chi connectivity index (χ0n) is 23.9. The molecule has 0 aliphatic carbocycles. The maximum Gasteiger partial charge on any atom is 0.336 e. The first kappa shape index (κ1) is 30.6. The molecule has 2 aromatic rings. The molecule has 1 saturated heterocycles. The van der Waals surface area contributed by atoms with Crippen molar-refractivity contribution in [2.24, 2.45) is 5.92 Å². The Morgan fingerprint density at radius 2 is 1.57 bits per heavy atom. The van der Waals surface area contributed by atoms with Gasteiger partial charge < -0.3 is 14.8 Å². The van der Waals surface area contributed by atoms with Gasteiger partial charge in [0.25, 0.3) is 5.69 Å². The van der Waals surface area contributed by atoms with Gasteiger partial charge in [-0.2, -0.15) is 0 Å². The number of dihydropyridines is 1. The molecule has 222 valence electrons. The number of carbonyl (C=O) groups excluding carboxylic acids is 3. The van der Waals surface area contributed by atoms with Crippen LogP contribution in [0.25, 0.3) is 0 Å². The molecule has 2 heterocycles. The molecule has 4 rings (SSSR count). The summed E-state index contributed by atoms with van der Waals surface area (Å²) in [5, 5.41) is 14.9. The number of allylic oxidation sites excluding steroid dienone is 2. The predicted molar refractivity (Wildman–Crippen MR) is 152 cm³/mol. The molecule has 0 radical (unpaired) electrons. The third kappa shape index (κ3) is 6.73. The molecule has 1 atom stereocenters. The Bertz CT molecular complexity index is 1430. The second kappa shape index (κ2) is 13.5. The number of likely N-dealkylation sites (tertiary alicyclic amines) is 1. The van der Waals surface area contributed by atoms with Crippen LogP contribution in [0.4, 0.5) is 10.1 Å². The van der Waals surface area contributed by atoms with E-state index in [1.807, 2.05) is 0 Å². The number of halogens is 1. The van der Waals surface area contributed by atoms with Crippen LogP contribution in [0.1, 0.15) is 55.5 Å². The van der Waals surface area contributed by atoms with Crippen molar-refractivity contribution >= 4 is 23.4 Å². The van der Waals surface area contributed by atoms with Crippen molar-refractivity contribution in [3.05, 3.63) is 98.1 Å². The number of esters is 2. The molecule has 2 aliphatic rings. The van der Waals surface area contributed by atoms with Crippen LogP contribution in [0.15, 0.2) is 71.1 Å². The van der Waals surface area contributed by atoms with Gasteiger partial charge in [0.1, 0.15) is 12.4 Å². The number of nitro benzene ring substituents is 1. The van der Waals surface area contributed by atoms with Crippen molar-refractivity contribution in [1.29, 1.82) is 0 Å². The number of carbonyl (C=O) groups is 3. The molecule has 2 aliphatic heterocycles. The molecular formula is C31H34FN3O7. The lowest BCUT2D eigenvalue weighted by molar-refractivity contribution is -0.385. The van der Waals surface area contributed by atoms with Crippen LogP contribution < -0.4 is 5.32 Å². The molecule has 0 spiro atoms. The maximum absolute atomic E-state index is 13.5. The summed E-state index contributed by atoms with van der Waals surface area (Å²) in [4.78, 5) is 52.8. The average molecular weight is 580 g/mol. The van der Waals surface area contributed by atoms with Gasteiger partial charge in [-0.25, -0.2) is 14.0 Å². The Hall–Kier alpha value is -4.38. The van der Waals surface area contributed by atoms with Crippen LogP contribution in [0.2, 0.25) is 0 Å². The first-order valence-electron chi connectivity index (χ1n) is 13.9. The van der Waals surface area contributed by atoms with E-state index < -0.39 is 22.8 Å². The van der Waals surface area contributed by atoms with Gasteiger partial charge in [0.15, 0.2) is 5.78 Å². The number of nitrogens with zero attached hydrogens (tertiary/aromatic N) is 2. The van der Waals surface area contributed by atoms with Gasteiger partial charge in [0, 0.05) is 41.1 Å². The summed E-state index contributed by atoms with van der Waals surface area (Å²) in [6.07, 6.45) is 1.26. The monoisotopic (exact) mass is 579 g/mol. The Kier molecular flexibility index (Phi) is 9.84. The number of nitro groups is 1. The van der Waals surface area contributed by atoms with Gasteiger partial charge in [-0.05, 0) is 71.0 Å². The van der Waals surface area contributed by atoms with Gasteiger partial charge in [-0.15, -0.1) is 0 Å². The fourth-order valence-electron chi connectivity index (χ4n) is 5.57. The fourth-order valence-corrected chi connectivity index (χ4v) is 5.57. The zero-order chi connectivity index (χ0) is 30.4. The molecule has 10 nitrogen and oxygen atoms in total. The van der Waals surface area contributed by atoms with Crippen molar-refractivity contribution in [3.8, 4) is 0 Å². The predicted octanol–water partition coefficient (Wildman–Crippen LogP) is 4.67. The minimum atomic E-state index is -1.06. The smallest absolute Gasteiger partial charge is 0.336 e. The average Bonchev–Trinajstić information content (AvgIpc) is 2.97. The van der Waals surface area contributed by atoms with Gasteiger partial charge >= 0.3 is 11.9 Å². The molecule has 0 bridgehead atoms. The highest BCUT2D eigenvalue weighted by atomic mass is 19.1. The highest BCUT2D eigenvalue weighted by Crippen LogP contribution is 2.42. The standard InChI is InChI=1S/C31H34FN3O7/c1-4-41-30(37)26-19(2)33-20(3)27(28(26)24-7-5-6-8-25(24)35(39)40)31(38)42-18-17-34-15-13-22(14-16-34)29(36)21-9-11-23(32)12-10-21/h5-12,22,28,33H,4,13-18H2,1-3H3. The van der Waals surface area contributed by atoms with E-state index in [4.69, 9.17) is 9.47 Å². The molecule has 2 aromatic carbocycles. The number of rotatable bonds is 10. The number of piperidine rings is 1. The summed E-state index contributed by atoms with van der Waals surface area (Å²) in [6, 6.07) is 11.6. The normalized spacial score (nSPS) is 18.0. The van der Waals surface area contributed by atoms with Gasteiger partial charge in [-0.3, -0.25) is 19.8 Å². The summed E-state index contributed by atoms with van der Waals surface area (Å²) >= 11 is 0. The number of ketones is 1. The molecule has 1 unspecified atom stereocenters. The van der Waals surface area contributed by atoms with Crippen LogP contribution in [-0.2, 0) is 19.1 Å². The van der Waals surface area contributed by atoms with E-state index in [1.54, 1.807) is 26.8 Å². The minimum absolute atomic E-state index is 0.00455. The first-order chi connectivity index (χ1) is 20.1. The van der Waals surface area contributed by atoms with E-state index in [9.17, 15) is 28.9 Å². The zero-order valence-corrected chi connectivity index (χ0v) is 23.9. The highest BCUT2D eigenvalue weighted by Gasteiger charge is 2.41. The molecule has 11 heteroatoms. The van der Waals surface area contributed by atoms with E-state index in [2.05, 4.69) is 10.2 Å². The number of ether oxygens (including phenoxy) is 2. The lowest BCUT2D eigenvalue weighted by Gasteiger charge is -2.32. The molecule has 1 fully saturated rings. The number of hydrogen-bond donors (Lipinski definition) is 1. The van der Waals surface area contributed by atoms with E-state index >= 15 is 0 Å². The van der Waals surface area contributed by atoms with Crippen molar-refractivity contribution in [2.75, 3.05) is 32.8 Å². The Balaban J connectivity index is 1.45. The SMILES string of the molecule is CCOC(=O)C1=C(C)NC(C)=C(C(=O)OCCN2CCC(C(=O)c3ccc(F)cc3)CC2)C1c1ccccc1[N+](=O)[O-]. The van der Waals surface area contributed by atoms with Crippen molar-refractivity contribution in [1.82, 2.24) is 10.2 Å². The van der Waals surface area contributed by atoms with Crippen molar-refractivity contribution in [2.45, 2.75) is 39.5 Å². The highest BCUT2D eigenvalue weighted by molar-refractivity contribution is 6.00. The number of benzene rings is 2. The van der Waals surface area contributed by atoms with E-state index in [-0.39, 0.29) is 53.1 Å². The number of hydrogen-bond acceptors (Lipinski definition) is 9. The quantitative estimate of drug-likeness (QED) is 0.185. The number of para-hydroxylation sites is 1. The van der Waals surface area contributed by atoms with E-state index in [0.717, 1.165) is 0 Å². The van der Waals surface area contributed by atoms with Crippen LogP contribution in [0.5, 0.6) is 0 Å². The largest absolute Gasteiger partial charge is 0.463 e. The summed E-state index contributed by atoms with van der Waals surface area (Å²) in [5.74, 6) is -2.99. The van der Waals surface area contributed by atoms with E-state index in [0.29, 0.717) is 49.4 Å². The molecule has 0 aromatic heterocycles. The fraction of sp³-hybridized carbons (Fsp3) is 0.387. The number of Topliss-reactive ketones (excluding diaryl/α,β-unsaturated/α-hetero) is 1. The topological polar surface area (TPSA) is 128 Å². The Morgan fingerprint density at radius 3 is 2.17 bits per heavy atom. The van der Waals surface area contributed by atoms with Crippen LogP contribution >= 0.6 is 0 Å². The molecular weight excluding hydrogens is 545 g/mol. The Labute approximate surface area is 243 Å². The Morgan fingerprint density at radius 1 is 0.976 bits per heavy atom. The first-order valence-corrected chi connectivity index (χ1v) is 13.9. The van der Waals surface area contributed by atoms with Crippen molar-refractivity contribution in [3.63, 3.8) is 0 Å². The van der Waals surface area contributed by atoms with E-state index in [1.165, 1.54) is 42.5 Å². The third-order valence-electron chi connectivity index (χ3n) is 7.65. The second-order valence-corrected chi connectivity index (χ2v) is 10.3. The summed E-state index contributed by atoms with van der Waals surface area (Å²) in [7, 11) is 0. The third-order valence-corrected chi connectivity index (χ3v) is 7.65. The van der Waals surface area contributed by atoms with Crippen molar-refractivity contribution < 1.29 is 33.2 Å². The molecule has 0 amide bonds. The van der Waals surface area contributed by atoms with Crippen LogP contribution in [0, 0.1) is 21.8 Å². The second-order valence-electron chi connectivity index (χ2n) is 10.3. The minimum Gasteiger partial charge on any atom is -0.463 e. The summed E-state index contributed by atoms with van der Waals surface area (Å²) < 4.78 is 24.1. The van der Waals surface area contributed by atoms with Gasteiger partial charge in [0.05, 0.1) is 28.6 Å². The van der Waals surface area contributed by atoms with Crippen LogP contribution in [0.3, 0.4) is 0 Å². The lowest BCUT2D eigenvalue weighted by atomic mass is 9.79. The number of nitrogens with one attached hydrogen (secondary N) is 1. The summed E-state index contributed by atoms with van der Waals surface area (Å²) in [6.45, 7) is 6.80. The molecule has 0 saturated carbocycles. The lowest BCUT2D eigenvalue weighted by Crippen LogP contribution is -2.39. The summed E-state index contributed by atoms with van der Waals surface area (Å²) in [5.41, 5.74) is 1.52. The molecule has 1 N–H and O–H groups in total. The van der Waals surface area contributed by atoms with Gasteiger partial charge in [0.2, 0.25) is 0 Å². The van der Waals surface area contributed by atoms with Crippen LogP contribution in [-0.4, -0.2) is 60.4 Å². The van der Waals surface area contributed by atoms with Gasteiger partial charge in [-0.1, -0.05) is 18.2 Å². The molecule has 42 heavy (non-hydrogen) atoms. The maximum atomic E-state index is 13.5.